The van der Waals surface area contributed by atoms with Crippen molar-refractivity contribution in [3.63, 3.8) is 0 Å². The van der Waals surface area contributed by atoms with Gasteiger partial charge in [-0.15, -0.1) is 0 Å². The Bertz CT molecular complexity index is 5000. The predicted molar refractivity (Wildman–Crippen MR) is 512 cm³/mol. The summed E-state index contributed by atoms with van der Waals surface area (Å²) in [5, 5.41) is 21.3. The van der Waals surface area contributed by atoms with E-state index in [0.29, 0.717) is 50.0 Å². The van der Waals surface area contributed by atoms with Gasteiger partial charge < -0.3 is 47.0 Å². The van der Waals surface area contributed by atoms with Gasteiger partial charge >= 0.3 is 0 Å². The van der Waals surface area contributed by atoms with Gasteiger partial charge in [-0.1, -0.05) is 202 Å². The summed E-state index contributed by atoms with van der Waals surface area (Å²) in [6, 6.07) is 81.1. The van der Waals surface area contributed by atoms with E-state index in [4.69, 9.17) is 34.8 Å². The molecule has 2 aliphatic rings. The van der Waals surface area contributed by atoms with Crippen molar-refractivity contribution in [3.8, 4) is 0 Å². The second kappa shape index (κ2) is 53.1. The summed E-state index contributed by atoms with van der Waals surface area (Å²) in [6.45, 7) is 34.2. The van der Waals surface area contributed by atoms with Crippen LogP contribution in [0.2, 0.25) is 15.1 Å². The second-order valence-corrected chi connectivity index (χ2v) is 32.7. The molecule has 0 spiro atoms. The number of carbonyl (C=O) groups excluding carboxylic acids is 8. The Labute approximate surface area is 749 Å². The molecule has 2 fully saturated rings. The fourth-order valence-electron chi connectivity index (χ4n) is 11.4. The number of nitrogens with one attached hydrogen (secondary N) is 7. The minimum Gasteiger partial charge on any atom is -0.352 e. The van der Waals surface area contributed by atoms with Crippen molar-refractivity contribution in [1.29, 1.82) is 0 Å². The van der Waals surface area contributed by atoms with Gasteiger partial charge in [0, 0.05) is 117 Å². The van der Waals surface area contributed by atoms with Crippen molar-refractivity contribution in [3.05, 3.63) is 365 Å². The van der Waals surface area contributed by atoms with E-state index in [-0.39, 0.29) is 59.2 Å². The molecule has 0 radical (unpaired) electrons. The Kier molecular flexibility index (Phi) is 43.2. The summed E-state index contributed by atoms with van der Waals surface area (Å²) in [7, 11) is 4.22. The van der Waals surface area contributed by atoms with Gasteiger partial charge in [0.1, 0.15) is 0 Å². The number of aryl methyl sites for hydroxylation is 9. The van der Waals surface area contributed by atoms with Gasteiger partial charge in [-0.3, -0.25) is 43.3 Å². The van der Waals surface area contributed by atoms with E-state index in [1.165, 1.54) is 34.2 Å². The third-order valence-corrected chi connectivity index (χ3v) is 20.0. The highest BCUT2D eigenvalue weighted by molar-refractivity contribution is 6.42. The molecule has 7 N–H and O–H groups in total. The van der Waals surface area contributed by atoms with Crippen LogP contribution in [0.25, 0.3) is 0 Å². The van der Waals surface area contributed by atoms with Crippen LogP contribution < -0.4 is 37.2 Å². The number of hydrogen-bond donors (Lipinski definition) is 7. The van der Waals surface area contributed by atoms with Crippen molar-refractivity contribution in [2.45, 2.75) is 128 Å². The molecule has 18 nitrogen and oxygen atoms in total. The van der Waals surface area contributed by atoms with Gasteiger partial charge in [0.15, 0.2) is 0 Å². The smallest absolute Gasteiger partial charge is 0.255 e. The standard InChI is InChI=1S/C17H27N3O.C15H15NO.C14H11Cl2NO.C14H12ClNO.C11H13NO.2C11H15NO.C10H13NO/c1-15-5-7-16(8-6-15)17(21)20-13-11-19(12-14-20)10-4-9-18(2)3;1-11-3-7-13(8-4-11)15(17)16-14-9-5-12(2)6-10-14;1-9-2-4-10(5-3-9)14(18)17-11-6-7-12(15)13(16)8-11;1-10-2-4-11(5-3-10)14(17)16-13-8-6-12(15)7-9-13;1-8-2-4-9(5-3-8)11(13)12-10-6-7-10;1-8(2)12-11(13)10-6-4-9(3)5-7-10;1-8(2)11(13)12-10-6-4-5-9(3)7-10;1-3-11-10(12)9-6-4-8(2)5-7-9/h5-8H,4,9-14H2,1-3H3;3-10H,1-2H3,(H,16,17);2-8H,1H3,(H,17,18);2-9H,1H3,(H,16,17);2-5,10H,6-7H2,1H3,(H,12,13);2*4-8H,1-3H3,(H,12,13);4-7H,3H2,1-2H3,(H,11,12). The average molecular weight is 1730 g/mol. The number of nitrogens with zero attached hydrogens (tertiary/aromatic N) is 3. The number of piperazine rings is 1. The van der Waals surface area contributed by atoms with E-state index in [9.17, 15) is 38.4 Å². The van der Waals surface area contributed by atoms with Crippen LogP contribution in [-0.2, 0) is 4.79 Å². The highest BCUT2D eigenvalue weighted by Gasteiger charge is 2.24. The van der Waals surface area contributed by atoms with Gasteiger partial charge in [0.25, 0.3) is 41.4 Å². The summed E-state index contributed by atoms with van der Waals surface area (Å²) >= 11 is 17.5. The molecule has 652 valence electrons. The largest absolute Gasteiger partial charge is 0.352 e. The normalized spacial score (nSPS) is 11.7. The number of halogens is 3. The van der Waals surface area contributed by atoms with Crippen molar-refractivity contribution < 1.29 is 38.4 Å². The number of benzene rings is 11. The molecule has 1 saturated carbocycles. The van der Waals surface area contributed by atoms with Gasteiger partial charge in [-0.05, 0) is 287 Å². The lowest BCUT2D eigenvalue weighted by Gasteiger charge is -2.35. The van der Waals surface area contributed by atoms with Crippen LogP contribution in [0.5, 0.6) is 0 Å². The second-order valence-electron chi connectivity index (χ2n) is 31.5. The topological polar surface area (TPSA) is 230 Å². The Morgan fingerprint density at radius 1 is 0.371 bits per heavy atom. The number of carbonyl (C=O) groups is 8. The van der Waals surface area contributed by atoms with E-state index >= 15 is 0 Å². The van der Waals surface area contributed by atoms with E-state index < -0.39 is 0 Å². The fourth-order valence-corrected chi connectivity index (χ4v) is 11.8. The molecule has 11 aromatic rings. The van der Waals surface area contributed by atoms with Crippen LogP contribution in [-0.4, -0.2) is 134 Å². The molecule has 13 rings (SSSR count). The van der Waals surface area contributed by atoms with Gasteiger partial charge in [0.05, 0.1) is 10.0 Å². The summed E-state index contributed by atoms with van der Waals surface area (Å²) < 4.78 is 0. The molecule has 8 amide bonds. The molecule has 0 bridgehead atoms. The first kappa shape index (κ1) is 101. The third-order valence-electron chi connectivity index (χ3n) is 19.0. The third kappa shape index (κ3) is 39.0. The SMILES string of the molecule is CCNC(=O)c1ccc(C)cc1.Cc1ccc(C(=O)N2CCN(CCCN(C)C)CC2)cc1.Cc1ccc(C(=O)NC(C)C)cc1.Cc1ccc(C(=O)NC2CC2)cc1.Cc1ccc(C(=O)Nc2ccc(Cl)c(Cl)c2)cc1.Cc1ccc(C(=O)Nc2ccc(Cl)cc2)cc1.Cc1ccc(NC(=O)c2ccc(C)cc2)cc1.Cc1cccc(NC(=O)C(C)C)c1. The number of anilines is 4. The molecule has 21 heteroatoms. The van der Waals surface area contributed by atoms with Gasteiger partial charge in [-0.2, -0.15) is 0 Å². The predicted octanol–water partition coefficient (Wildman–Crippen LogP) is 22.1. The lowest BCUT2D eigenvalue weighted by Crippen LogP contribution is -2.49. The molecule has 1 aliphatic carbocycles. The molecule has 124 heavy (non-hydrogen) atoms. The lowest BCUT2D eigenvalue weighted by molar-refractivity contribution is -0.118. The van der Waals surface area contributed by atoms with E-state index in [0.717, 1.165) is 114 Å². The maximum Gasteiger partial charge on any atom is 0.255 e. The maximum absolute atomic E-state index is 12.4. The summed E-state index contributed by atoms with van der Waals surface area (Å²) in [6.07, 6.45) is 3.47. The first-order chi connectivity index (χ1) is 59.1. The lowest BCUT2D eigenvalue weighted by atomic mass is 10.1. The van der Waals surface area contributed by atoms with Crippen molar-refractivity contribution in [1.82, 2.24) is 30.7 Å². The molecular weight excluding hydrogens is 1610 g/mol. The van der Waals surface area contributed by atoms with E-state index in [1.807, 2.05) is 296 Å². The zero-order valence-corrected chi connectivity index (χ0v) is 76.6. The Balaban J connectivity index is 0.000000221. The monoisotopic (exact) mass is 1730 g/mol. The summed E-state index contributed by atoms with van der Waals surface area (Å²) in [5.41, 5.74) is 18.4. The molecular formula is C103H121Cl3N10O8. The summed E-state index contributed by atoms with van der Waals surface area (Å²) in [4.78, 5) is 100. The van der Waals surface area contributed by atoms with Crippen molar-refractivity contribution in [2.75, 3.05) is 81.2 Å². The van der Waals surface area contributed by atoms with Crippen LogP contribution in [0.3, 0.4) is 0 Å². The Hall–Kier alpha value is -12.0. The zero-order chi connectivity index (χ0) is 90.8. The average Bonchev–Trinajstić information content (AvgIpc) is 1.29. The van der Waals surface area contributed by atoms with Crippen LogP contribution in [0, 0.1) is 68.2 Å². The van der Waals surface area contributed by atoms with Crippen LogP contribution in [0.1, 0.15) is 176 Å². The zero-order valence-electron chi connectivity index (χ0n) is 74.4. The van der Waals surface area contributed by atoms with E-state index in [2.05, 4.69) is 61.1 Å². The molecule has 1 saturated heterocycles. The van der Waals surface area contributed by atoms with Gasteiger partial charge in [-0.25, -0.2) is 0 Å². The minimum absolute atomic E-state index is 0.00231. The number of hydrogen-bond acceptors (Lipinski definition) is 10. The first-order valence-electron chi connectivity index (χ1n) is 41.7. The van der Waals surface area contributed by atoms with Crippen LogP contribution >= 0.6 is 34.8 Å². The first-order valence-corrected chi connectivity index (χ1v) is 42.9. The Morgan fingerprint density at radius 2 is 0.718 bits per heavy atom. The molecule has 0 atom stereocenters. The van der Waals surface area contributed by atoms with Crippen LogP contribution in [0.4, 0.5) is 22.7 Å². The number of rotatable bonds is 19. The quantitative estimate of drug-likeness (QED) is 0.0405. The molecule has 1 aliphatic heterocycles. The molecule has 11 aromatic carbocycles. The Morgan fingerprint density at radius 3 is 1.08 bits per heavy atom. The highest BCUT2D eigenvalue weighted by Crippen LogP contribution is 2.26. The molecule has 0 unspecified atom stereocenters. The van der Waals surface area contributed by atoms with Crippen LogP contribution in [0.15, 0.2) is 261 Å². The van der Waals surface area contributed by atoms with Crippen molar-refractivity contribution >= 4 is 105 Å². The van der Waals surface area contributed by atoms with Gasteiger partial charge in [0.2, 0.25) is 5.91 Å². The molecule has 1 heterocycles. The van der Waals surface area contributed by atoms with Crippen molar-refractivity contribution in [2.24, 2.45) is 5.92 Å². The maximum atomic E-state index is 12.4. The number of amides is 8. The highest BCUT2D eigenvalue weighted by atomic mass is 35.5. The fraction of sp³-hybridized carbons (Fsp3) is 0.282. The minimum atomic E-state index is -0.173. The summed E-state index contributed by atoms with van der Waals surface area (Å²) in [5.74, 6) is -0.0568. The molecule has 0 aromatic heterocycles. The van der Waals surface area contributed by atoms with E-state index in [1.54, 1.807) is 66.7 Å².